The predicted molar refractivity (Wildman–Crippen MR) is 71.9 cm³/mol. The Kier molecular flexibility index (Phi) is 6.84. The Hall–Kier alpha value is -1.24. The smallest absolute Gasteiger partial charge is 0.251 e. The summed E-state index contributed by atoms with van der Waals surface area (Å²) < 4.78 is 29.7. The molecule has 0 aliphatic heterocycles. The average Bonchev–Trinajstić information content (AvgIpc) is 2.38. The molecule has 20 heavy (non-hydrogen) atoms. The van der Waals surface area contributed by atoms with Crippen LogP contribution in [0.1, 0.15) is 10.4 Å². The summed E-state index contributed by atoms with van der Waals surface area (Å²) in [5.74, 6) is 0.0895. The van der Waals surface area contributed by atoms with Crippen molar-refractivity contribution in [2.24, 2.45) is 0 Å². The van der Waals surface area contributed by atoms with Crippen molar-refractivity contribution in [2.75, 3.05) is 33.4 Å². The molecule has 1 rings (SSSR count). The van der Waals surface area contributed by atoms with Gasteiger partial charge in [0.1, 0.15) is 5.75 Å². The van der Waals surface area contributed by atoms with Crippen molar-refractivity contribution < 1.29 is 23.4 Å². The van der Waals surface area contributed by atoms with Crippen molar-refractivity contribution in [2.45, 2.75) is 6.43 Å². The minimum atomic E-state index is -2.56. The molecule has 0 amide bonds. The number of halogens is 3. The molecule has 0 saturated heterocycles. The maximum atomic E-state index is 12.4. The van der Waals surface area contributed by atoms with E-state index in [0.29, 0.717) is 11.3 Å². The Morgan fingerprint density at radius 1 is 1.50 bits per heavy atom. The molecule has 112 valence electrons. The van der Waals surface area contributed by atoms with Gasteiger partial charge in [0, 0.05) is 12.1 Å². The number of carbonyl (C=O) groups is 1. The molecule has 0 unspecified atom stereocenters. The van der Waals surface area contributed by atoms with E-state index in [1.165, 1.54) is 24.1 Å². The second-order valence-electron chi connectivity index (χ2n) is 4.12. The molecule has 1 aromatic rings. The van der Waals surface area contributed by atoms with Gasteiger partial charge in [0.05, 0.1) is 31.8 Å². The van der Waals surface area contributed by atoms with Gasteiger partial charge >= 0.3 is 0 Å². The fraction of sp³-hybridized carbons (Fsp3) is 0.462. The van der Waals surface area contributed by atoms with Crippen molar-refractivity contribution in [3.05, 3.63) is 28.8 Å². The van der Waals surface area contributed by atoms with Crippen LogP contribution in [0.4, 0.5) is 8.78 Å². The molecular formula is C13H16ClF2NO3. The van der Waals surface area contributed by atoms with Gasteiger partial charge in [-0.25, -0.2) is 8.78 Å². The molecule has 0 fully saturated rings. The van der Waals surface area contributed by atoms with Gasteiger partial charge in [0.15, 0.2) is 5.78 Å². The van der Waals surface area contributed by atoms with E-state index >= 15 is 0 Å². The van der Waals surface area contributed by atoms with E-state index in [4.69, 9.17) is 21.4 Å². The van der Waals surface area contributed by atoms with Crippen LogP contribution in [0.2, 0.25) is 5.02 Å². The van der Waals surface area contributed by atoms with Crippen molar-refractivity contribution in [1.29, 1.82) is 0 Å². The maximum Gasteiger partial charge on any atom is 0.251 e. The summed E-state index contributed by atoms with van der Waals surface area (Å²) in [5, 5.41) is 9.09. The second-order valence-corrected chi connectivity index (χ2v) is 4.53. The number of ketones is 1. The number of nitrogens with zero attached hydrogens (tertiary/aromatic N) is 1. The average molecular weight is 308 g/mol. The zero-order valence-electron chi connectivity index (χ0n) is 11.0. The number of alkyl halides is 2. The molecule has 0 atom stereocenters. The van der Waals surface area contributed by atoms with Crippen molar-refractivity contribution in [3.63, 3.8) is 0 Å². The van der Waals surface area contributed by atoms with Gasteiger partial charge in [0.25, 0.3) is 6.43 Å². The van der Waals surface area contributed by atoms with Crippen molar-refractivity contribution in [1.82, 2.24) is 4.90 Å². The van der Waals surface area contributed by atoms with E-state index in [0.717, 1.165) is 0 Å². The molecule has 0 spiro atoms. The van der Waals surface area contributed by atoms with Gasteiger partial charge in [-0.2, -0.15) is 0 Å². The number of benzene rings is 1. The van der Waals surface area contributed by atoms with Crippen LogP contribution in [0, 0.1) is 0 Å². The highest BCUT2D eigenvalue weighted by Gasteiger charge is 2.17. The lowest BCUT2D eigenvalue weighted by Crippen LogP contribution is -2.36. The Labute approximate surface area is 120 Å². The van der Waals surface area contributed by atoms with E-state index < -0.39 is 13.0 Å². The van der Waals surface area contributed by atoms with Gasteiger partial charge in [-0.1, -0.05) is 11.6 Å². The number of hydrogen-bond acceptors (Lipinski definition) is 4. The molecule has 0 aliphatic rings. The monoisotopic (exact) mass is 307 g/mol. The molecule has 0 heterocycles. The normalized spacial score (nSPS) is 11.2. The van der Waals surface area contributed by atoms with Crippen LogP contribution in [-0.2, 0) is 0 Å². The predicted octanol–water partition coefficient (Wildman–Crippen LogP) is 2.09. The van der Waals surface area contributed by atoms with Gasteiger partial charge < -0.3 is 9.84 Å². The van der Waals surface area contributed by atoms with Crippen LogP contribution in [0.25, 0.3) is 0 Å². The largest absolute Gasteiger partial charge is 0.495 e. The number of ether oxygens (including phenoxy) is 1. The number of aliphatic hydroxyl groups is 1. The lowest BCUT2D eigenvalue weighted by Gasteiger charge is -2.19. The molecule has 0 aliphatic carbocycles. The molecule has 1 N–H and O–H groups in total. The van der Waals surface area contributed by atoms with Crippen molar-refractivity contribution >= 4 is 17.4 Å². The third kappa shape index (κ3) is 5.03. The molecule has 0 saturated carbocycles. The minimum absolute atomic E-state index is 0.0139. The Bertz CT molecular complexity index is 457. The molecule has 0 aromatic heterocycles. The number of hydrogen-bond donors (Lipinski definition) is 1. The molecule has 1 aromatic carbocycles. The standard InChI is InChI=1S/C13H16ClF2NO3/c1-20-12-3-2-9(6-10(12)14)11(19)7-17(4-5-18)8-13(15)16/h2-3,6,13,18H,4-5,7-8H2,1H3. The zero-order chi connectivity index (χ0) is 15.1. The van der Waals surface area contributed by atoms with Gasteiger partial charge in [-0.3, -0.25) is 9.69 Å². The van der Waals surface area contributed by atoms with E-state index in [-0.39, 0.29) is 30.5 Å². The van der Waals surface area contributed by atoms with E-state index in [1.54, 1.807) is 6.07 Å². The summed E-state index contributed by atoms with van der Waals surface area (Å²) in [7, 11) is 1.45. The number of carbonyl (C=O) groups excluding carboxylic acids is 1. The topological polar surface area (TPSA) is 49.8 Å². The number of Topliss-reactive ketones (excluding diaryl/α,β-unsaturated/α-hetero) is 1. The number of rotatable bonds is 8. The molecule has 0 radical (unpaired) electrons. The fourth-order valence-electron chi connectivity index (χ4n) is 1.71. The maximum absolute atomic E-state index is 12.4. The van der Waals surface area contributed by atoms with Gasteiger partial charge in [-0.15, -0.1) is 0 Å². The second kappa shape index (κ2) is 8.14. The highest BCUT2D eigenvalue weighted by molar-refractivity contribution is 6.32. The lowest BCUT2D eigenvalue weighted by atomic mass is 10.1. The van der Waals surface area contributed by atoms with Gasteiger partial charge in [0.2, 0.25) is 0 Å². The highest BCUT2D eigenvalue weighted by Crippen LogP contribution is 2.25. The first-order valence-corrected chi connectivity index (χ1v) is 6.33. The first-order chi connectivity index (χ1) is 9.47. The highest BCUT2D eigenvalue weighted by atomic mass is 35.5. The third-order valence-corrected chi connectivity index (χ3v) is 2.95. The molecular weight excluding hydrogens is 292 g/mol. The molecule has 4 nitrogen and oxygen atoms in total. The van der Waals surface area contributed by atoms with Crippen molar-refractivity contribution in [3.8, 4) is 5.75 Å². The summed E-state index contributed by atoms with van der Waals surface area (Å²) in [6.07, 6.45) is -2.56. The molecule has 0 bridgehead atoms. The third-order valence-electron chi connectivity index (χ3n) is 2.65. The quantitative estimate of drug-likeness (QED) is 0.747. The Morgan fingerprint density at radius 3 is 2.70 bits per heavy atom. The van der Waals surface area contributed by atoms with E-state index in [2.05, 4.69) is 0 Å². The number of methoxy groups -OCH3 is 1. The minimum Gasteiger partial charge on any atom is -0.495 e. The summed E-state index contributed by atoms with van der Waals surface area (Å²) in [6, 6.07) is 4.49. The van der Waals surface area contributed by atoms with Gasteiger partial charge in [-0.05, 0) is 18.2 Å². The van der Waals surface area contributed by atoms with Crippen LogP contribution in [-0.4, -0.2) is 55.6 Å². The lowest BCUT2D eigenvalue weighted by molar-refractivity contribution is 0.0689. The first-order valence-electron chi connectivity index (χ1n) is 5.96. The van der Waals surface area contributed by atoms with Crippen LogP contribution in [0.5, 0.6) is 5.75 Å². The molecule has 7 heteroatoms. The summed E-state index contributed by atoms with van der Waals surface area (Å²) in [6.45, 7) is -1.03. The van der Waals surface area contributed by atoms with E-state index in [9.17, 15) is 13.6 Å². The van der Waals surface area contributed by atoms with Crippen LogP contribution < -0.4 is 4.74 Å². The first kappa shape index (κ1) is 16.8. The fourth-order valence-corrected chi connectivity index (χ4v) is 1.96. The van der Waals surface area contributed by atoms with E-state index in [1.807, 2.05) is 0 Å². The van der Waals surface area contributed by atoms with Crippen LogP contribution in [0.15, 0.2) is 18.2 Å². The summed E-state index contributed by atoms with van der Waals surface area (Å²) >= 11 is 5.90. The summed E-state index contributed by atoms with van der Waals surface area (Å²) in [4.78, 5) is 13.2. The number of aliphatic hydroxyl groups excluding tert-OH is 1. The van der Waals surface area contributed by atoms with Crippen LogP contribution >= 0.6 is 11.6 Å². The van der Waals surface area contributed by atoms with Crippen LogP contribution in [0.3, 0.4) is 0 Å². The Balaban J connectivity index is 2.75. The zero-order valence-corrected chi connectivity index (χ0v) is 11.7. The SMILES string of the molecule is COc1ccc(C(=O)CN(CCO)CC(F)F)cc1Cl. The summed E-state index contributed by atoms with van der Waals surface area (Å²) in [5.41, 5.74) is 0.313. The Morgan fingerprint density at radius 2 is 2.20 bits per heavy atom.